The highest BCUT2D eigenvalue weighted by Gasteiger charge is 2.34. The van der Waals surface area contributed by atoms with Crippen molar-refractivity contribution in [3.05, 3.63) is 35.1 Å². The van der Waals surface area contributed by atoms with Crippen molar-refractivity contribution in [1.82, 2.24) is 4.98 Å². The molecule has 0 atom stereocenters. The zero-order chi connectivity index (χ0) is 10.9. The van der Waals surface area contributed by atoms with E-state index in [-0.39, 0.29) is 16.3 Å². The second-order valence-electron chi connectivity index (χ2n) is 2.83. The van der Waals surface area contributed by atoms with E-state index in [9.17, 15) is 13.2 Å². The van der Waals surface area contributed by atoms with Gasteiger partial charge in [0.2, 0.25) is 0 Å². The number of hydrogen-bond donors (Lipinski definition) is 0. The van der Waals surface area contributed by atoms with Gasteiger partial charge < -0.3 is 0 Å². The number of nitrogens with zero attached hydrogens (tertiary/aromatic N) is 1. The highest BCUT2D eigenvalue weighted by atomic mass is 35.5. The number of halogens is 4. The van der Waals surface area contributed by atoms with Crippen LogP contribution in [0, 0.1) is 0 Å². The number of rotatable bonds is 1. The zero-order valence-corrected chi connectivity index (χ0v) is 8.08. The lowest BCUT2D eigenvalue weighted by molar-refractivity contribution is -0.138. The van der Waals surface area contributed by atoms with E-state index in [2.05, 4.69) is 11.6 Å². The molecule has 0 fully saturated rings. The molecule has 0 spiro atoms. The number of allylic oxidation sites excluding steroid dienone is 1. The van der Waals surface area contributed by atoms with Gasteiger partial charge in [-0.1, -0.05) is 18.2 Å². The normalized spacial score (nSPS) is 11.5. The first-order valence-corrected chi connectivity index (χ1v) is 4.09. The lowest BCUT2D eigenvalue weighted by Crippen LogP contribution is -2.09. The summed E-state index contributed by atoms with van der Waals surface area (Å²) in [5, 5.41) is -0.0395. The van der Waals surface area contributed by atoms with Crippen LogP contribution < -0.4 is 0 Å². The fourth-order valence-corrected chi connectivity index (χ4v) is 1.15. The van der Waals surface area contributed by atoms with Gasteiger partial charge in [-0.15, -0.1) is 0 Å². The summed E-state index contributed by atoms with van der Waals surface area (Å²) >= 11 is 5.44. The van der Waals surface area contributed by atoms with E-state index in [4.69, 9.17) is 11.6 Å². The van der Waals surface area contributed by atoms with Crippen LogP contribution in [0.2, 0.25) is 5.02 Å². The van der Waals surface area contributed by atoms with Crippen molar-refractivity contribution in [1.29, 1.82) is 0 Å². The van der Waals surface area contributed by atoms with Crippen LogP contribution in [0.15, 0.2) is 18.8 Å². The molecule has 1 nitrogen and oxygen atoms in total. The lowest BCUT2D eigenvalue weighted by atomic mass is 10.1. The Morgan fingerprint density at radius 1 is 1.50 bits per heavy atom. The molecular weight excluding hydrogens is 215 g/mol. The van der Waals surface area contributed by atoms with Gasteiger partial charge in [0.1, 0.15) is 0 Å². The molecule has 0 radical (unpaired) electrons. The van der Waals surface area contributed by atoms with Crippen molar-refractivity contribution < 1.29 is 13.2 Å². The molecular formula is C9H7ClF3N. The van der Waals surface area contributed by atoms with Crippen molar-refractivity contribution in [3.63, 3.8) is 0 Å². The summed E-state index contributed by atoms with van der Waals surface area (Å²) < 4.78 is 37.3. The first-order chi connectivity index (χ1) is 6.32. The minimum absolute atomic E-state index is 0.0395. The van der Waals surface area contributed by atoms with Crippen molar-refractivity contribution in [2.24, 2.45) is 0 Å². The predicted octanol–water partition coefficient (Wildman–Crippen LogP) is 3.79. The minimum atomic E-state index is -4.45. The first kappa shape index (κ1) is 11.0. The third-order valence-corrected chi connectivity index (χ3v) is 1.77. The van der Waals surface area contributed by atoms with E-state index >= 15 is 0 Å². The average Bonchev–Trinajstić information content (AvgIpc) is 2.01. The molecule has 1 rings (SSSR count). The Bertz CT molecular complexity index is 371. The van der Waals surface area contributed by atoms with Gasteiger partial charge in [0.05, 0.1) is 16.3 Å². The molecule has 0 amide bonds. The molecule has 0 aliphatic rings. The number of hydrogen-bond acceptors (Lipinski definition) is 1. The van der Waals surface area contributed by atoms with Gasteiger partial charge >= 0.3 is 6.18 Å². The second kappa shape index (κ2) is 3.61. The van der Waals surface area contributed by atoms with Crippen LogP contribution in [-0.4, -0.2) is 4.98 Å². The molecule has 0 saturated heterocycles. The smallest absolute Gasteiger partial charge is 0.254 e. The maximum Gasteiger partial charge on any atom is 0.418 e. The summed E-state index contributed by atoms with van der Waals surface area (Å²) in [5.41, 5.74) is -0.756. The standard InChI is InChI=1S/C9H7ClF3N/c1-5(2)8-7(9(11,12)13)3-6(10)4-14-8/h3-4H,1H2,2H3. The largest absolute Gasteiger partial charge is 0.418 e. The van der Waals surface area contributed by atoms with E-state index in [1.807, 2.05) is 0 Å². The van der Waals surface area contributed by atoms with Crippen LogP contribution in [0.5, 0.6) is 0 Å². The third-order valence-electron chi connectivity index (χ3n) is 1.56. The topological polar surface area (TPSA) is 12.9 Å². The minimum Gasteiger partial charge on any atom is -0.254 e. The van der Waals surface area contributed by atoms with Crippen LogP contribution in [0.1, 0.15) is 18.2 Å². The second-order valence-corrected chi connectivity index (χ2v) is 3.26. The summed E-state index contributed by atoms with van der Waals surface area (Å²) in [5.74, 6) is 0. The van der Waals surface area contributed by atoms with Gasteiger partial charge in [0.25, 0.3) is 0 Å². The Kier molecular flexibility index (Phi) is 2.85. The summed E-state index contributed by atoms with van der Waals surface area (Å²) in [6.45, 7) is 4.89. The maximum atomic E-state index is 12.4. The van der Waals surface area contributed by atoms with E-state index in [1.165, 1.54) is 13.1 Å². The van der Waals surface area contributed by atoms with Gasteiger partial charge in [-0.25, -0.2) is 0 Å². The Balaban J connectivity index is 3.38. The molecule has 1 aromatic rings. The van der Waals surface area contributed by atoms with Crippen molar-refractivity contribution in [3.8, 4) is 0 Å². The quantitative estimate of drug-likeness (QED) is 0.703. The Morgan fingerprint density at radius 2 is 2.07 bits per heavy atom. The molecule has 0 bridgehead atoms. The molecule has 14 heavy (non-hydrogen) atoms. The summed E-state index contributed by atoms with van der Waals surface area (Å²) in [6.07, 6.45) is -3.28. The van der Waals surface area contributed by atoms with E-state index < -0.39 is 11.7 Å². The molecule has 1 aromatic heterocycles. The van der Waals surface area contributed by atoms with Crippen LogP contribution in [0.4, 0.5) is 13.2 Å². The molecule has 0 saturated carbocycles. The third kappa shape index (κ3) is 2.26. The van der Waals surface area contributed by atoms with Crippen molar-refractivity contribution >= 4 is 17.2 Å². The monoisotopic (exact) mass is 221 g/mol. The van der Waals surface area contributed by atoms with Crippen molar-refractivity contribution in [2.45, 2.75) is 13.1 Å². The molecule has 0 unspecified atom stereocenters. The first-order valence-electron chi connectivity index (χ1n) is 3.71. The number of alkyl halides is 3. The van der Waals surface area contributed by atoms with Gasteiger partial charge in [0.15, 0.2) is 0 Å². The lowest BCUT2D eigenvalue weighted by Gasteiger charge is -2.11. The average molecular weight is 222 g/mol. The SMILES string of the molecule is C=C(C)c1ncc(Cl)cc1C(F)(F)F. The molecule has 76 valence electrons. The molecule has 0 aromatic carbocycles. The van der Waals surface area contributed by atoms with E-state index in [1.54, 1.807) is 0 Å². The molecule has 0 aliphatic heterocycles. The van der Waals surface area contributed by atoms with Crippen LogP contribution in [0.25, 0.3) is 5.57 Å². The Labute approximate surface area is 84.2 Å². The molecule has 0 N–H and O–H groups in total. The van der Waals surface area contributed by atoms with Gasteiger partial charge in [-0.3, -0.25) is 4.98 Å². The zero-order valence-electron chi connectivity index (χ0n) is 7.32. The summed E-state index contributed by atoms with van der Waals surface area (Å²) in [7, 11) is 0. The van der Waals surface area contributed by atoms with Gasteiger partial charge in [0, 0.05) is 6.20 Å². The predicted molar refractivity (Wildman–Crippen MR) is 49.0 cm³/mol. The van der Waals surface area contributed by atoms with Gasteiger partial charge in [-0.05, 0) is 18.6 Å². The number of pyridine rings is 1. The summed E-state index contributed by atoms with van der Waals surface area (Å²) in [4.78, 5) is 3.59. The molecule has 5 heteroatoms. The summed E-state index contributed by atoms with van der Waals surface area (Å²) in [6, 6.07) is 0.846. The van der Waals surface area contributed by atoms with Crippen molar-refractivity contribution in [2.75, 3.05) is 0 Å². The fourth-order valence-electron chi connectivity index (χ4n) is 0.995. The van der Waals surface area contributed by atoms with E-state index in [0.29, 0.717) is 0 Å². The Hall–Kier alpha value is -1.03. The fraction of sp³-hybridized carbons (Fsp3) is 0.222. The number of aromatic nitrogens is 1. The highest BCUT2D eigenvalue weighted by Crippen LogP contribution is 2.34. The molecule has 1 heterocycles. The Morgan fingerprint density at radius 3 is 2.50 bits per heavy atom. The highest BCUT2D eigenvalue weighted by molar-refractivity contribution is 6.30. The van der Waals surface area contributed by atoms with E-state index in [0.717, 1.165) is 6.07 Å². The van der Waals surface area contributed by atoms with Gasteiger partial charge in [-0.2, -0.15) is 13.2 Å². The van der Waals surface area contributed by atoms with Crippen LogP contribution >= 0.6 is 11.6 Å². The van der Waals surface area contributed by atoms with Crippen LogP contribution in [0.3, 0.4) is 0 Å². The maximum absolute atomic E-state index is 12.4. The van der Waals surface area contributed by atoms with Crippen LogP contribution in [-0.2, 0) is 6.18 Å². The molecule has 0 aliphatic carbocycles.